The molecule has 1 rings (SSSR count). The van der Waals surface area contributed by atoms with Crippen LogP contribution in [0.15, 0.2) is 23.1 Å². The van der Waals surface area contributed by atoms with E-state index in [9.17, 15) is 24.4 Å². The molecule has 16 heavy (non-hydrogen) atoms. The van der Waals surface area contributed by atoms with Gasteiger partial charge in [-0.3, -0.25) is 20.2 Å². The van der Waals surface area contributed by atoms with Gasteiger partial charge in [-0.15, -0.1) is 0 Å². The molecule has 0 amide bonds. The molecule has 0 radical (unpaired) electrons. The Hall–Kier alpha value is -0.234. The molecule has 0 aromatic heterocycles. The second kappa shape index (κ2) is 6.49. The van der Waals surface area contributed by atoms with Crippen LogP contribution in [-0.2, 0) is 11.1 Å². The summed E-state index contributed by atoms with van der Waals surface area (Å²) in [7, 11) is 0. The number of hydrogen-bond acceptors (Lipinski definition) is 5. The Kier molecular flexibility index (Phi) is 6.39. The Balaban J connectivity index is 0.00000225. The summed E-state index contributed by atoms with van der Waals surface area (Å²) in [5, 5.41) is 20.7. The molecule has 1 unspecified atom stereocenters. The topological polar surface area (TPSA) is 124 Å². The normalized spacial score (nSPS) is 11.3. The van der Waals surface area contributed by atoms with Gasteiger partial charge in [-0.1, -0.05) is 0 Å². The summed E-state index contributed by atoms with van der Waals surface area (Å²) < 4.78 is 19.3. The number of nitrogens with zero attached hydrogens (tertiary/aromatic N) is 2. The molecule has 1 aromatic rings. The van der Waals surface area contributed by atoms with Gasteiger partial charge in [0.2, 0.25) is 0 Å². The Labute approximate surface area is 134 Å². The van der Waals surface area contributed by atoms with E-state index < -0.39 is 37.2 Å². The SMILES string of the molecule is O=[N+]([O-])c1ccc(S(=O)O)c([N+](=O)[O-])c1.[KH]. The van der Waals surface area contributed by atoms with Crippen LogP contribution in [-0.4, -0.2) is 70.0 Å². The van der Waals surface area contributed by atoms with Crippen LogP contribution in [0, 0.1) is 20.2 Å². The standard InChI is InChI=1S/C6H4N2O6S.K.H/c9-7(10)4-1-2-6(15(13)14)5(3-4)8(11)12;;/h1-3H,(H,13,14);;. The molecule has 0 saturated carbocycles. The summed E-state index contributed by atoms with van der Waals surface area (Å²) in [5.41, 5.74) is -1.25. The third kappa shape index (κ3) is 3.66. The Bertz CT molecular complexity index is 464. The van der Waals surface area contributed by atoms with Crippen molar-refractivity contribution in [1.29, 1.82) is 0 Å². The number of nitro benzene ring substituents is 2. The van der Waals surface area contributed by atoms with Crippen molar-refractivity contribution >= 4 is 73.8 Å². The molecule has 0 bridgehead atoms. The van der Waals surface area contributed by atoms with Gasteiger partial charge >= 0.3 is 51.4 Å². The predicted octanol–water partition coefficient (Wildman–Crippen LogP) is 0.435. The third-order valence-electron chi connectivity index (χ3n) is 1.54. The summed E-state index contributed by atoms with van der Waals surface area (Å²) in [5.74, 6) is 0. The fraction of sp³-hybridized carbons (Fsp3) is 0. The third-order valence-corrected chi connectivity index (χ3v) is 2.26. The molecular weight excluding hydrogens is 267 g/mol. The maximum atomic E-state index is 10.6. The summed E-state index contributed by atoms with van der Waals surface area (Å²) in [6.07, 6.45) is 0. The first-order valence-electron chi connectivity index (χ1n) is 3.47. The van der Waals surface area contributed by atoms with Crippen LogP contribution in [0.3, 0.4) is 0 Å². The zero-order chi connectivity index (χ0) is 11.6. The quantitative estimate of drug-likeness (QED) is 0.368. The minimum absolute atomic E-state index is 0. The van der Waals surface area contributed by atoms with Crippen molar-refractivity contribution in [2.24, 2.45) is 0 Å². The second-order valence-electron chi connectivity index (χ2n) is 2.42. The monoisotopic (exact) mass is 272 g/mol. The molecule has 0 aliphatic rings. The zero-order valence-corrected chi connectivity index (χ0v) is 7.84. The number of nitro groups is 2. The van der Waals surface area contributed by atoms with Gasteiger partial charge < -0.3 is 4.55 Å². The maximum absolute atomic E-state index is 10.6. The van der Waals surface area contributed by atoms with E-state index in [0.717, 1.165) is 12.1 Å². The molecule has 10 heteroatoms. The molecule has 0 fully saturated rings. The van der Waals surface area contributed by atoms with Crippen LogP contribution in [0.25, 0.3) is 0 Å². The van der Waals surface area contributed by atoms with Crippen LogP contribution in [0.1, 0.15) is 0 Å². The van der Waals surface area contributed by atoms with Crippen LogP contribution in [0.4, 0.5) is 11.4 Å². The molecule has 0 saturated heterocycles. The zero-order valence-electron chi connectivity index (χ0n) is 7.02. The first kappa shape index (κ1) is 15.8. The van der Waals surface area contributed by atoms with Crippen LogP contribution < -0.4 is 0 Å². The molecule has 0 heterocycles. The van der Waals surface area contributed by atoms with Crippen molar-refractivity contribution in [3.63, 3.8) is 0 Å². The molecule has 82 valence electrons. The molecule has 8 nitrogen and oxygen atoms in total. The number of hydrogen-bond donors (Lipinski definition) is 1. The van der Waals surface area contributed by atoms with Gasteiger partial charge in [0.15, 0.2) is 11.1 Å². The second-order valence-corrected chi connectivity index (χ2v) is 3.35. The average molecular weight is 272 g/mol. The summed E-state index contributed by atoms with van der Waals surface area (Å²) in [4.78, 5) is 18.5. The Morgan fingerprint density at radius 1 is 1.19 bits per heavy atom. The Morgan fingerprint density at radius 3 is 2.12 bits per heavy atom. The van der Waals surface area contributed by atoms with E-state index in [4.69, 9.17) is 4.55 Å². The molecule has 1 N–H and O–H groups in total. The van der Waals surface area contributed by atoms with E-state index in [1.807, 2.05) is 0 Å². The van der Waals surface area contributed by atoms with Gasteiger partial charge in [0.25, 0.3) is 11.4 Å². The minimum atomic E-state index is -2.55. The van der Waals surface area contributed by atoms with Crippen molar-refractivity contribution in [3.8, 4) is 0 Å². The molecular formula is C6H5KN2O6S. The van der Waals surface area contributed by atoms with Gasteiger partial charge in [0.1, 0.15) is 4.90 Å². The van der Waals surface area contributed by atoms with Crippen LogP contribution >= 0.6 is 0 Å². The van der Waals surface area contributed by atoms with E-state index in [-0.39, 0.29) is 51.4 Å². The van der Waals surface area contributed by atoms with Gasteiger partial charge in [0.05, 0.1) is 15.9 Å². The van der Waals surface area contributed by atoms with E-state index in [1.165, 1.54) is 0 Å². The molecule has 0 spiro atoms. The van der Waals surface area contributed by atoms with Gasteiger partial charge in [-0.25, -0.2) is 4.21 Å². The average Bonchev–Trinajstić information content (AvgIpc) is 2.16. The van der Waals surface area contributed by atoms with E-state index >= 15 is 0 Å². The van der Waals surface area contributed by atoms with Crippen molar-refractivity contribution in [3.05, 3.63) is 38.4 Å². The van der Waals surface area contributed by atoms with Gasteiger partial charge in [0, 0.05) is 6.07 Å². The molecule has 1 atom stereocenters. The number of rotatable bonds is 3. The first-order chi connectivity index (χ1) is 6.93. The Morgan fingerprint density at radius 2 is 1.75 bits per heavy atom. The van der Waals surface area contributed by atoms with E-state index in [0.29, 0.717) is 6.07 Å². The van der Waals surface area contributed by atoms with E-state index in [1.54, 1.807) is 0 Å². The van der Waals surface area contributed by atoms with Crippen molar-refractivity contribution in [2.75, 3.05) is 0 Å². The number of benzene rings is 1. The fourth-order valence-electron chi connectivity index (χ4n) is 0.910. The van der Waals surface area contributed by atoms with Crippen molar-refractivity contribution in [1.82, 2.24) is 0 Å². The molecule has 0 aliphatic heterocycles. The van der Waals surface area contributed by atoms with Crippen LogP contribution in [0.5, 0.6) is 0 Å². The molecule has 1 aromatic carbocycles. The number of non-ortho nitro benzene ring substituents is 1. The first-order valence-corrected chi connectivity index (χ1v) is 4.58. The van der Waals surface area contributed by atoms with Gasteiger partial charge in [-0.05, 0) is 6.07 Å². The summed E-state index contributed by atoms with van der Waals surface area (Å²) >= 11 is -2.55. The van der Waals surface area contributed by atoms with E-state index in [2.05, 4.69) is 0 Å². The summed E-state index contributed by atoms with van der Waals surface area (Å²) in [6.45, 7) is 0. The fourth-order valence-corrected chi connectivity index (χ4v) is 1.41. The van der Waals surface area contributed by atoms with Crippen LogP contribution in [0.2, 0.25) is 0 Å². The molecule has 0 aliphatic carbocycles. The van der Waals surface area contributed by atoms with Crippen molar-refractivity contribution in [2.45, 2.75) is 4.90 Å². The summed E-state index contributed by atoms with van der Waals surface area (Å²) in [6, 6.07) is 2.45. The van der Waals surface area contributed by atoms with Gasteiger partial charge in [-0.2, -0.15) is 0 Å². The predicted molar refractivity (Wildman–Crippen MR) is 55.9 cm³/mol. The van der Waals surface area contributed by atoms with Crippen molar-refractivity contribution < 1.29 is 18.6 Å².